The average molecular weight is 307 g/mol. The van der Waals surface area contributed by atoms with Crippen molar-refractivity contribution in [3.8, 4) is 0 Å². The van der Waals surface area contributed by atoms with E-state index in [2.05, 4.69) is 60.1 Å². The van der Waals surface area contributed by atoms with Crippen LogP contribution in [0, 0.1) is 6.92 Å². The highest BCUT2D eigenvalue weighted by atomic mass is 79.9. The van der Waals surface area contributed by atoms with Gasteiger partial charge >= 0.3 is 0 Å². The Kier molecular flexibility index (Phi) is 4.28. The molecule has 0 saturated heterocycles. The second kappa shape index (κ2) is 5.75. The minimum atomic E-state index is 0.209. The molecule has 2 atom stereocenters. The van der Waals surface area contributed by atoms with Crippen molar-refractivity contribution in [1.29, 1.82) is 0 Å². The molecule has 0 aliphatic heterocycles. The van der Waals surface area contributed by atoms with E-state index in [1.54, 1.807) is 0 Å². The summed E-state index contributed by atoms with van der Waals surface area (Å²) in [6, 6.07) is 10.9. The van der Waals surface area contributed by atoms with Crippen molar-refractivity contribution in [3.05, 3.63) is 59.0 Å². The van der Waals surface area contributed by atoms with Crippen LogP contribution in [0.2, 0.25) is 0 Å². The second-order valence-corrected chi connectivity index (χ2v) is 5.74. The molecule has 0 spiro atoms. The number of aryl methyl sites for hydroxylation is 1. The summed E-state index contributed by atoms with van der Waals surface area (Å²) in [5, 5.41) is 0. The van der Waals surface area contributed by atoms with Crippen molar-refractivity contribution < 1.29 is 4.42 Å². The van der Waals surface area contributed by atoms with Crippen LogP contribution in [0.15, 0.2) is 41.0 Å². The van der Waals surface area contributed by atoms with Crippen LogP contribution in [0.25, 0.3) is 0 Å². The van der Waals surface area contributed by atoms with Gasteiger partial charge in [0.2, 0.25) is 0 Å². The Morgan fingerprint density at radius 1 is 1.11 bits per heavy atom. The third-order valence-electron chi connectivity index (χ3n) is 3.45. The highest BCUT2D eigenvalue weighted by Crippen LogP contribution is 2.32. The molecule has 1 nitrogen and oxygen atoms in total. The lowest BCUT2D eigenvalue weighted by molar-refractivity contribution is 0.532. The van der Waals surface area contributed by atoms with E-state index < -0.39 is 0 Å². The summed E-state index contributed by atoms with van der Waals surface area (Å²) in [4.78, 5) is 0.209. The SMILES string of the molecule is CCC(C)c1ccc(C(Br)c2coc(C)c2)cc1. The van der Waals surface area contributed by atoms with E-state index in [-0.39, 0.29) is 4.83 Å². The molecule has 1 aromatic heterocycles. The molecule has 0 saturated carbocycles. The predicted molar refractivity (Wildman–Crippen MR) is 79.4 cm³/mol. The van der Waals surface area contributed by atoms with E-state index in [9.17, 15) is 0 Å². The van der Waals surface area contributed by atoms with Crippen LogP contribution in [-0.2, 0) is 0 Å². The second-order valence-electron chi connectivity index (χ2n) is 4.83. The van der Waals surface area contributed by atoms with Gasteiger partial charge in [-0.25, -0.2) is 0 Å². The van der Waals surface area contributed by atoms with Crippen molar-refractivity contribution in [3.63, 3.8) is 0 Å². The Labute approximate surface area is 117 Å². The maximum atomic E-state index is 5.36. The van der Waals surface area contributed by atoms with Crippen molar-refractivity contribution in [2.45, 2.75) is 37.9 Å². The number of halogens is 1. The Hall–Kier alpha value is -1.02. The van der Waals surface area contributed by atoms with Crippen LogP contribution in [0.5, 0.6) is 0 Å². The molecule has 2 aromatic rings. The quantitative estimate of drug-likeness (QED) is 0.671. The molecule has 0 N–H and O–H groups in total. The number of hydrogen-bond acceptors (Lipinski definition) is 1. The zero-order chi connectivity index (χ0) is 13.1. The molecule has 18 heavy (non-hydrogen) atoms. The molecule has 2 heteroatoms. The minimum Gasteiger partial charge on any atom is -0.469 e. The minimum absolute atomic E-state index is 0.209. The molecule has 0 aliphatic rings. The number of rotatable bonds is 4. The van der Waals surface area contributed by atoms with Gasteiger partial charge in [0.05, 0.1) is 11.1 Å². The first kappa shape index (κ1) is 13.4. The predicted octanol–water partition coefficient (Wildman–Crippen LogP) is 5.59. The van der Waals surface area contributed by atoms with Gasteiger partial charge in [-0.1, -0.05) is 54.0 Å². The highest BCUT2D eigenvalue weighted by molar-refractivity contribution is 9.09. The van der Waals surface area contributed by atoms with Crippen molar-refractivity contribution in [2.75, 3.05) is 0 Å². The van der Waals surface area contributed by atoms with Gasteiger partial charge in [-0.3, -0.25) is 0 Å². The van der Waals surface area contributed by atoms with Gasteiger partial charge in [0.25, 0.3) is 0 Å². The van der Waals surface area contributed by atoms with E-state index in [4.69, 9.17) is 4.42 Å². The third-order valence-corrected chi connectivity index (χ3v) is 4.51. The Balaban J connectivity index is 2.19. The van der Waals surface area contributed by atoms with Crippen molar-refractivity contribution in [1.82, 2.24) is 0 Å². The van der Waals surface area contributed by atoms with E-state index in [0.717, 1.165) is 5.76 Å². The van der Waals surface area contributed by atoms with Gasteiger partial charge in [-0.15, -0.1) is 0 Å². The van der Waals surface area contributed by atoms with Gasteiger partial charge in [0.1, 0.15) is 5.76 Å². The number of hydrogen-bond donors (Lipinski definition) is 0. The Bertz CT molecular complexity index is 498. The van der Waals surface area contributed by atoms with Crippen molar-refractivity contribution >= 4 is 15.9 Å². The van der Waals surface area contributed by atoms with Gasteiger partial charge < -0.3 is 4.42 Å². The standard InChI is InChI=1S/C16H19BrO/c1-4-11(2)13-5-7-14(8-6-13)16(17)15-9-12(3)18-10-15/h5-11,16H,4H2,1-3H3. The fourth-order valence-electron chi connectivity index (χ4n) is 2.02. The van der Waals surface area contributed by atoms with Crippen molar-refractivity contribution in [2.24, 2.45) is 0 Å². The van der Waals surface area contributed by atoms with E-state index in [1.807, 2.05) is 13.2 Å². The fourth-order valence-corrected chi connectivity index (χ4v) is 2.56. The Morgan fingerprint density at radius 2 is 1.72 bits per heavy atom. The monoisotopic (exact) mass is 306 g/mol. The lowest BCUT2D eigenvalue weighted by atomic mass is 9.96. The third kappa shape index (κ3) is 2.86. The molecule has 2 rings (SSSR count). The zero-order valence-electron chi connectivity index (χ0n) is 11.1. The van der Waals surface area contributed by atoms with Crippen LogP contribution in [-0.4, -0.2) is 0 Å². The van der Waals surface area contributed by atoms with E-state index in [1.165, 1.54) is 23.1 Å². The molecular weight excluding hydrogens is 288 g/mol. The largest absolute Gasteiger partial charge is 0.469 e. The first-order chi connectivity index (χ1) is 8.61. The lowest BCUT2D eigenvalue weighted by Gasteiger charge is -2.12. The molecule has 0 amide bonds. The summed E-state index contributed by atoms with van der Waals surface area (Å²) in [6.07, 6.45) is 3.00. The molecule has 0 bridgehead atoms. The normalized spacial score (nSPS) is 14.4. The molecule has 0 radical (unpaired) electrons. The number of benzene rings is 1. The van der Waals surface area contributed by atoms with Gasteiger partial charge in [0, 0.05) is 5.56 Å². The molecule has 1 heterocycles. The number of alkyl halides is 1. The summed E-state index contributed by atoms with van der Waals surface area (Å²) in [6.45, 7) is 6.45. The maximum Gasteiger partial charge on any atom is 0.101 e. The van der Waals surface area contributed by atoms with Crippen LogP contribution >= 0.6 is 15.9 Å². The summed E-state index contributed by atoms with van der Waals surface area (Å²) in [7, 11) is 0. The van der Waals surface area contributed by atoms with Crippen LogP contribution in [0.3, 0.4) is 0 Å². The summed E-state index contributed by atoms with van der Waals surface area (Å²) >= 11 is 3.73. The molecule has 1 aromatic carbocycles. The zero-order valence-corrected chi connectivity index (χ0v) is 12.7. The average Bonchev–Trinajstić information content (AvgIpc) is 2.84. The van der Waals surface area contributed by atoms with Crippen LogP contribution in [0.4, 0.5) is 0 Å². The molecular formula is C16H19BrO. The molecule has 0 aliphatic carbocycles. The topological polar surface area (TPSA) is 13.1 Å². The van der Waals surface area contributed by atoms with Gasteiger partial charge in [-0.2, -0.15) is 0 Å². The highest BCUT2D eigenvalue weighted by Gasteiger charge is 2.13. The van der Waals surface area contributed by atoms with Crippen LogP contribution in [0.1, 0.15) is 53.5 Å². The summed E-state index contributed by atoms with van der Waals surface area (Å²) < 4.78 is 5.36. The lowest BCUT2D eigenvalue weighted by Crippen LogP contribution is -1.94. The summed E-state index contributed by atoms with van der Waals surface area (Å²) in [5.41, 5.74) is 3.84. The van der Waals surface area contributed by atoms with Gasteiger partial charge in [0.15, 0.2) is 0 Å². The van der Waals surface area contributed by atoms with E-state index >= 15 is 0 Å². The smallest absolute Gasteiger partial charge is 0.101 e. The maximum absolute atomic E-state index is 5.36. The van der Waals surface area contributed by atoms with Gasteiger partial charge in [-0.05, 0) is 36.5 Å². The molecule has 2 unspecified atom stereocenters. The first-order valence-corrected chi connectivity index (χ1v) is 7.32. The summed E-state index contributed by atoms with van der Waals surface area (Å²) in [5.74, 6) is 1.58. The first-order valence-electron chi connectivity index (χ1n) is 6.40. The molecule has 96 valence electrons. The van der Waals surface area contributed by atoms with Crippen LogP contribution < -0.4 is 0 Å². The van der Waals surface area contributed by atoms with E-state index in [0.29, 0.717) is 5.92 Å². The molecule has 0 fully saturated rings. The number of furan rings is 1. The fraction of sp³-hybridized carbons (Fsp3) is 0.375. The Morgan fingerprint density at radius 3 is 2.22 bits per heavy atom.